The van der Waals surface area contributed by atoms with Crippen molar-refractivity contribution in [2.24, 2.45) is 0 Å². The van der Waals surface area contributed by atoms with Crippen LogP contribution in [0.15, 0.2) is 41.2 Å². The van der Waals surface area contributed by atoms with Crippen molar-refractivity contribution in [1.82, 2.24) is 19.8 Å². The number of carbonyl (C=O) groups excluding carboxylic acids is 1. The Labute approximate surface area is 168 Å². The number of ether oxygens (including phenoxy) is 1. The standard InChI is InChI=1S/C20H23N5O4/c1-13-17(14(2)29-22-13)11-24-10-16(8-21-24)25-19(26)12-23(20(25)27)9-15-6-4-5-7-18(15)28-3/h4-8,10,19,26H,9,11-12H2,1-3H3. The number of carbonyl (C=O) groups is 1. The topological polar surface area (TPSA) is 96.9 Å². The normalized spacial score (nSPS) is 16.7. The van der Waals surface area contributed by atoms with Gasteiger partial charge in [0.05, 0.1) is 44.3 Å². The second-order valence-electron chi connectivity index (χ2n) is 7.02. The second-order valence-corrected chi connectivity index (χ2v) is 7.02. The maximum Gasteiger partial charge on any atom is 0.327 e. The lowest BCUT2D eigenvalue weighted by Gasteiger charge is -2.19. The number of hydrogen-bond donors (Lipinski definition) is 1. The Morgan fingerprint density at radius 2 is 2.07 bits per heavy atom. The zero-order chi connectivity index (χ0) is 20.5. The van der Waals surface area contributed by atoms with E-state index < -0.39 is 6.23 Å². The van der Waals surface area contributed by atoms with Gasteiger partial charge < -0.3 is 19.3 Å². The molecule has 0 bridgehead atoms. The molecule has 3 aromatic rings. The molecule has 1 unspecified atom stereocenters. The van der Waals surface area contributed by atoms with Gasteiger partial charge in [-0.05, 0) is 19.9 Å². The van der Waals surface area contributed by atoms with E-state index in [2.05, 4.69) is 10.3 Å². The van der Waals surface area contributed by atoms with Crippen molar-refractivity contribution in [1.29, 1.82) is 0 Å². The fourth-order valence-electron chi connectivity index (χ4n) is 3.54. The minimum atomic E-state index is -0.950. The fraction of sp³-hybridized carbons (Fsp3) is 0.350. The highest BCUT2D eigenvalue weighted by Gasteiger charge is 2.38. The molecule has 1 fully saturated rings. The first-order valence-corrected chi connectivity index (χ1v) is 9.30. The third kappa shape index (κ3) is 3.56. The van der Waals surface area contributed by atoms with E-state index in [4.69, 9.17) is 9.26 Å². The van der Waals surface area contributed by atoms with Gasteiger partial charge in [-0.25, -0.2) is 4.79 Å². The highest BCUT2D eigenvalue weighted by atomic mass is 16.5. The average molecular weight is 397 g/mol. The van der Waals surface area contributed by atoms with Crippen LogP contribution in [0.4, 0.5) is 10.5 Å². The van der Waals surface area contributed by atoms with Crippen molar-refractivity contribution < 1.29 is 19.2 Å². The Bertz CT molecular complexity index is 1010. The predicted octanol–water partition coefficient (Wildman–Crippen LogP) is 2.31. The number of hydrogen-bond acceptors (Lipinski definition) is 6. The van der Waals surface area contributed by atoms with Crippen LogP contribution in [0, 0.1) is 13.8 Å². The minimum absolute atomic E-state index is 0.200. The number of anilines is 1. The molecule has 9 nitrogen and oxygen atoms in total. The highest BCUT2D eigenvalue weighted by Crippen LogP contribution is 2.27. The van der Waals surface area contributed by atoms with Gasteiger partial charge in [0.1, 0.15) is 11.5 Å². The van der Waals surface area contributed by atoms with E-state index in [0.29, 0.717) is 24.5 Å². The summed E-state index contributed by atoms with van der Waals surface area (Å²) in [7, 11) is 1.60. The first-order valence-electron chi connectivity index (χ1n) is 9.30. The number of urea groups is 1. The minimum Gasteiger partial charge on any atom is -0.496 e. The van der Waals surface area contributed by atoms with Gasteiger partial charge in [-0.15, -0.1) is 0 Å². The van der Waals surface area contributed by atoms with Crippen LogP contribution in [0.25, 0.3) is 0 Å². The van der Waals surface area contributed by atoms with Crippen molar-refractivity contribution in [3.8, 4) is 5.75 Å². The van der Waals surface area contributed by atoms with Crippen molar-refractivity contribution in [3.63, 3.8) is 0 Å². The van der Waals surface area contributed by atoms with E-state index in [-0.39, 0.29) is 12.6 Å². The summed E-state index contributed by atoms with van der Waals surface area (Å²) in [6, 6.07) is 7.25. The molecule has 2 amide bonds. The number of amides is 2. The van der Waals surface area contributed by atoms with Crippen LogP contribution in [-0.4, -0.2) is 50.9 Å². The van der Waals surface area contributed by atoms with Gasteiger partial charge in [0.2, 0.25) is 0 Å². The number of benzene rings is 1. The zero-order valence-electron chi connectivity index (χ0n) is 16.6. The van der Waals surface area contributed by atoms with Crippen molar-refractivity contribution >= 4 is 11.7 Å². The predicted molar refractivity (Wildman–Crippen MR) is 105 cm³/mol. The first-order chi connectivity index (χ1) is 14.0. The molecule has 0 spiro atoms. The number of rotatable bonds is 6. The lowest BCUT2D eigenvalue weighted by Crippen LogP contribution is -2.34. The van der Waals surface area contributed by atoms with E-state index in [0.717, 1.165) is 22.6 Å². The lowest BCUT2D eigenvalue weighted by atomic mass is 10.2. The maximum absolute atomic E-state index is 12.9. The number of β-amino-alcohol motifs (C(OH)–C–C–N with tert-alkyl or cyclic N) is 1. The molecule has 0 saturated carbocycles. The second kappa shape index (κ2) is 7.59. The third-order valence-corrected chi connectivity index (χ3v) is 5.11. The molecule has 1 atom stereocenters. The zero-order valence-corrected chi connectivity index (χ0v) is 16.6. The summed E-state index contributed by atoms with van der Waals surface area (Å²) in [6.45, 7) is 4.75. The van der Waals surface area contributed by atoms with Crippen molar-refractivity contribution in [2.45, 2.75) is 33.2 Å². The number of aromatic nitrogens is 3. The smallest absolute Gasteiger partial charge is 0.327 e. The summed E-state index contributed by atoms with van der Waals surface area (Å²) < 4.78 is 12.2. The molecule has 1 aromatic carbocycles. The van der Waals surface area contributed by atoms with Crippen LogP contribution in [0.5, 0.6) is 5.75 Å². The molecule has 2 aromatic heterocycles. The van der Waals surface area contributed by atoms with Gasteiger partial charge >= 0.3 is 6.03 Å². The molecule has 9 heteroatoms. The molecule has 0 aliphatic carbocycles. The van der Waals surface area contributed by atoms with Gasteiger partial charge in [-0.3, -0.25) is 9.58 Å². The van der Waals surface area contributed by atoms with Crippen LogP contribution in [-0.2, 0) is 13.1 Å². The van der Waals surface area contributed by atoms with Gasteiger partial charge in [-0.1, -0.05) is 23.4 Å². The molecular formula is C20H23N5O4. The summed E-state index contributed by atoms with van der Waals surface area (Å²) in [5.41, 5.74) is 3.17. The number of methoxy groups -OCH3 is 1. The molecule has 4 rings (SSSR count). The summed E-state index contributed by atoms with van der Waals surface area (Å²) in [5, 5.41) is 18.8. The molecule has 1 aliphatic rings. The lowest BCUT2D eigenvalue weighted by molar-refractivity contribution is 0.175. The summed E-state index contributed by atoms with van der Waals surface area (Å²) >= 11 is 0. The molecule has 3 heterocycles. The quantitative estimate of drug-likeness (QED) is 0.686. The fourth-order valence-corrected chi connectivity index (χ4v) is 3.54. The van der Waals surface area contributed by atoms with Gasteiger partial charge in [0.15, 0.2) is 6.23 Å². The van der Waals surface area contributed by atoms with Gasteiger partial charge in [-0.2, -0.15) is 5.10 Å². The summed E-state index contributed by atoms with van der Waals surface area (Å²) in [5.74, 6) is 1.44. The summed E-state index contributed by atoms with van der Waals surface area (Å²) in [4.78, 5) is 15.9. The molecule has 29 heavy (non-hydrogen) atoms. The average Bonchev–Trinajstić information content (AvgIpc) is 3.37. The maximum atomic E-state index is 12.9. The van der Waals surface area contributed by atoms with E-state index in [1.165, 1.54) is 4.90 Å². The largest absolute Gasteiger partial charge is 0.496 e. The van der Waals surface area contributed by atoms with E-state index in [1.54, 1.807) is 29.1 Å². The SMILES string of the molecule is COc1ccccc1CN1CC(O)N(c2cnn(Cc3c(C)noc3C)c2)C1=O. The van der Waals surface area contributed by atoms with E-state index >= 15 is 0 Å². The molecule has 1 aliphatic heterocycles. The number of aliphatic hydroxyl groups is 1. The highest BCUT2D eigenvalue weighted by molar-refractivity contribution is 5.94. The third-order valence-electron chi connectivity index (χ3n) is 5.11. The van der Waals surface area contributed by atoms with Crippen LogP contribution >= 0.6 is 0 Å². The van der Waals surface area contributed by atoms with Crippen LogP contribution in [0.2, 0.25) is 0 Å². The van der Waals surface area contributed by atoms with E-state index in [1.807, 2.05) is 38.1 Å². The Morgan fingerprint density at radius 1 is 1.28 bits per heavy atom. The van der Waals surface area contributed by atoms with Crippen molar-refractivity contribution in [2.75, 3.05) is 18.6 Å². The summed E-state index contributed by atoms with van der Waals surface area (Å²) in [6.07, 6.45) is 2.36. The molecule has 152 valence electrons. The van der Waals surface area contributed by atoms with Crippen LogP contribution < -0.4 is 9.64 Å². The Balaban J connectivity index is 1.51. The number of para-hydroxylation sites is 1. The number of aliphatic hydroxyl groups excluding tert-OH is 1. The molecule has 0 radical (unpaired) electrons. The Hall–Kier alpha value is -3.33. The molecular weight excluding hydrogens is 374 g/mol. The van der Waals surface area contributed by atoms with Gasteiger partial charge in [0.25, 0.3) is 0 Å². The number of aryl methyl sites for hydroxylation is 2. The van der Waals surface area contributed by atoms with Crippen molar-refractivity contribution in [3.05, 3.63) is 59.2 Å². The van der Waals surface area contributed by atoms with Crippen LogP contribution in [0.3, 0.4) is 0 Å². The Morgan fingerprint density at radius 3 is 2.79 bits per heavy atom. The van der Waals surface area contributed by atoms with Crippen LogP contribution in [0.1, 0.15) is 22.6 Å². The number of nitrogens with zero attached hydrogens (tertiary/aromatic N) is 5. The monoisotopic (exact) mass is 397 g/mol. The molecule has 1 saturated heterocycles. The molecule has 1 N–H and O–H groups in total. The van der Waals surface area contributed by atoms with E-state index in [9.17, 15) is 9.90 Å². The Kier molecular flexibility index (Phi) is 4.98. The van der Waals surface area contributed by atoms with Gasteiger partial charge in [0, 0.05) is 17.3 Å². The first kappa shape index (κ1) is 19.0.